The Balaban J connectivity index is 0.000000561. The van der Waals surface area contributed by atoms with Crippen molar-refractivity contribution in [1.82, 2.24) is 0 Å². The first kappa shape index (κ1) is 11.7. The molecule has 0 bridgehead atoms. The first-order chi connectivity index (χ1) is 5.74. The molecule has 12 heavy (non-hydrogen) atoms. The Hall–Kier alpha value is -0.260. The van der Waals surface area contributed by atoms with E-state index in [0.29, 0.717) is 0 Å². The van der Waals surface area contributed by atoms with Crippen LogP contribution in [0.2, 0.25) is 0 Å². The van der Waals surface area contributed by atoms with Gasteiger partial charge in [-0.1, -0.05) is 33.6 Å². The van der Waals surface area contributed by atoms with E-state index in [9.17, 15) is 0 Å². The minimum Gasteiger partial charge on any atom is -0.106 e. The van der Waals surface area contributed by atoms with E-state index in [1.165, 1.54) is 25.7 Å². The Bertz CT molecular complexity index is 103. The first-order valence-corrected chi connectivity index (χ1v) is 5.24. The van der Waals surface area contributed by atoms with Gasteiger partial charge in [0.15, 0.2) is 0 Å². The molecule has 0 saturated heterocycles. The molecule has 1 aliphatic rings. The number of hydrogen-bond donors (Lipinski definition) is 0. The lowest BCUT2D eigenvalue weighted by atomic mass is 10.0. The van der Waals surface area contributed by atoms with E-state index in [2.05, 4.69) is 33.9 Å². The monoisotopic (exact) mass is 168 g/mol. The molecule has 0 N–H and O–H groups in total. The largest absolute Gasteiger partial charge is 0.106 e. The topological polar surface area (TPSA) is 0 Å². The molecule has 1 fully saturated rings. The molecular formula is C12H24. The van der Waals surface area contributed by atoms with Gasteiger partial charge < -0.3 is 0 Å². The van der Waals surface area contributed by atoms with E-state index >= 15 is 0 Å². The van der Waals surface area contributed by atoms with Gasteiger partial charge in [0.25, 0.3) is 0 Å². The van der Waals surface area contributed by atoms with Crippen LogP contribution in [0.4, 0.5) is 0 Å². The molecule has 0 radical (unpaired) electrons. The highest BCUT2D eigenvalue weighted by atomic mass is 14.4. The molecule has 0 aliphatic heterocycles. The molecule has 3 unspecified atom stereocenters. The van der Waals surface area contributed by atoms with Crippen LogP contribution < -0.4 is 0 Å². The van der Waals surface area contributed by atoms with Gasteiger partial charge in [0, 0.05) is 0 Å². The fourth-order valence-electron chi connectivity index (χ4n) is 1.50. The summed E-state index contributed by atoms with van der Waals surface area (Å²) in [6.45, 7) is 13.0. The standard InChI is InChI=1S/C10H20.C2H4/c1-4-8(2)5-6-10-7-9(10)3;1-2/h8-10H,4-7H2,1-3H3;1-2H2. The van der Waals surface area contributed by atoms with Crippen LogP contribution in [-0.2, 0) is 0 Å². The summed E-state index contributed by atoms with van der Waals surface area (Å²) < 4.78 is 0. The minimum absolute atomic E-state index is 0.966. The van der Waals surface area contributed by atoms with Crippen molar-refractivity contribution in [3.8, 4) is 0 Å². The van der Waals surface area contributed by atoms with Crippen molar-refractivity contribution < 1.29 is 0 Å². The van der Waals surface area contributed by atoms with Crippen LogP contribution in [0.5, 0.6) is 0 Å². The van der Waals surface area contributed by atoms with Gasteiger partial charge in [0.1, 0.15) is 0 Å². The molecule has 0 nitrogen and oxygen atoms in total. The summed E-state index contributed by atoms with van der Waals surface area (Å²) in [5.74, 6) is 3.13. The van der Waals surface area contributed by atoms with Crippen molar-refractivity contribution in [3.05, 3.63) is 13.2 Å². The van der Waals surface area contributed by atoms with E-state index in [4.69, 9.17) is 0 Å². The molecule has 0 aromatic carbocycles. The maximum absolute atomic E-state index is 3.00. The molecule has 0 aromatic heterocycles. The van der Waals surface area contributed by atoms with Crippen LogP contribution in [0, 0.1) is 17.8 Å². The van der Waals surface area contributed by atoms with E-state index < -0.39 is 0 Å². The van der Waals surface area contributed by atoms with E-state index in [0.717, 1.165) is 17.8 Å². The average Bonchev–Trinajstić information content (AvgIpc) is 2.81. The Labute approximate surface area is 78.1 Å². The van der Waals surface area contributed by atoms with Crippen LogP contribution in [0.25, 0.3) is 0 Å². The fraction of sp³-hybridized carbons (Fsp3) is 0.833. The maximum Gasteiger partial charge on any atom is -0.0386 e. The maximum atomic E-state index is 3.00. The predicted molar refractivity (Wildman–Crippen MR) is 57.2 cm³/mol. The van der Waals surface area contributed by atoms with Crippen molar-refractivity contribution >= 4 is 0 Å². The van der Waals surface area contributed by atoms with Crippen molar-refractivity contribution in [2.24, 2.45) is 17.8 Å². The highest BCUT2D eigenvalue weighted by molar-refractivity contribution is 4.82. The second kappa shape index (κ2) is 6.28. The summed E-state index contributed by atoms with van der Waals surface area (Å²) in [4.78, 5) is 0. The highest BCUT2D eigenvalue weighted by Crippen LogP contribution is 2.42. The molecule has 0 heterocycles. The molecule has 3 atom stereocenters. The Morgan fingerprint density at radius 1 is 1.42 bits per heavy atom. The van der Waals surface area contributed by atoms with Gasteiger partial charge >= 0.3 is 0 Å². The summed E-state index contributed by atoms with van der Waals surface area (Å²) in [5, 5.41) is 0. The van der Waals surface area contributed by atoms with Gasteiger partial charge in [-0.25, -0.2) is 0 Å². The lowest BCUT2D eigenvalue weighted by Gasteiger charge is -2.06. The molecule has 0 aromatic rings. The normalized spacial score (nSPS) is 28.6. The Morgan fingerprint density at radius 2 is 1.92 bits per heavy atom. The van der Waals surface area contributed by atoms with E-state index in [-0.39, 0.29) is 0 Å². The predicted octanol–water partition coefficient (Wildman–Crippen LogP) is 4.27. The molecule has 72 valence electrons. The molecule has 1 saturated carbocycles. The first-order valence-electron chi connectivity index (χ1n) is 5.24. The van der Waals surface area contributed by atoms with Gasteiger partial charge in [-0.15, -0.1) is 13.2 Å². The molecule has 1 aliphatic carbocycles. The zero-order chi connectivity index (χ0) is 9.56. The lowest BCUT2D eigenvalue weighted by Crippen LogP contribution is -1.92. The highest BCUT2D eigenvalue weighted by Gasteiger charge is 2.31. The second-order valence-corrected chi connectivity index (χ2v) is 4.06. The third-order valence-electron chi connectivity index (χ3n) is 3.00. The molecule has 0 heteroatoms. The fourth-order valence-corrected chi connectivity index (χ4v) is 1.50. The summed E-state index contributed by atoms with van der Waals surface area (Å²) in [6.07, 6.45) is 5.83. The summed E-state index contributed by atoms with van der Waals surface area (Å²) >= 11 is 0. The average molecular weight is 168 g/mol. The molecular weight excluding hydrogens is 144 g/mol. The molecule has 0 amide bonds. The second-order valence-electron chi connectivity index (χ2n) is 4.06. The summed E-state index contributed by atoms with van der Waals surface area (Å²) in [5.41, 5.74) is 0. The van der Waals surface area contributed by atoms with E-state index in [1.807, 2.05) is 0 Å². The quantitative estimate of drug-likeness (QED) is 0.550. The van der Waals surface area contributed by atoms with Gasteiger partial charge in [0.2, 0.25) is 0 Å². The summed E-state index contributed by atoms with van der Waals surface area (Å²) in [7, 11) is 0. The smallest absolute Gasteiger partial charge is 0.0386 e. The van der Waals surface area contributed by atoms with Crippen molar-refractivity contribution in [2.75, 3.05) is 0 Å². The van der Waals surface area contributed by atoms with Crippen molar-refractivity contribution in [3.63, 3.8) is 0 Å². The van der Waals surface area contributed by atoms with Crippen LogP contribution in [-0.4, -0.2) is 0 Å². The van der Waals surface area contributed by atoms with Crippen molar-refractivity contribution in [2.45, 2.75) is 46.5 Å². The number of rotatable bonds is 4. The van der Waals surface area contributed by atoms with Crippen LogP contribution >= 0.6 is 0 Å². The lowest BCUT2D eigenvalue weighted by molar-refractivity contribution is 0.468. The van der Waals surface area contributed by atoms with Gasteiger partial charge in [-0.3, -0.25) is 0 Å². The zero-order valence-electron chi connectivity index (χ0n) is 8.97. The number of hydrogen-bond acceptors (Lipinski definition) is 0. The molecule has 1 rings (SSSR count). The van der Waals surface area contributed by atoms with Crippen LogP contribution in [0.1, 0.15) is 46.5 Å². The van der Waals surface area contributed by atoms with E-state index in [1.54, 1.807) is 0 Å². The van der Waals surface area contributed by atoms with Gasteiger partial charge in [-0.05, 0) is 30.6 Å². The SMILES string of the molecule is C=C.CCC(C)CCC1CC1C. The third-order valence-corrected chi connectivity index (χ3v) is 3.00. The minimum atomic E-state index is 0.966. The van der Waals surface area contributed by atoms with Gasteiger partial charge in [0.05, 0.1) is 0 Å². The zero-order valence-corrected chi connectivity index (χ0v) is 8.97. The summed E-state index contributed by atoms with van der Waals surface area (Å²) in [6, 6.07) is 0. The Morgan fingerprint density at radius 3 is 2.25 bits per heavy atom. The molecule has 0 spiro atoms. The van der Waals surface area contributed by atoms with Crippen LogP contribution in [0.3, 0.4) is 0 Å². The van der Waals surface area contributed by atoms with Crippen molar-refractivity contribution in [1.29, 1.82) is 0 Å². The van der Waals surface area contributed by atoms with Crippen LogP contribution in [0.15, 0.2) is 13.2 Å². The van der Waals surface area contributed by atoms with Gasteiger partial charge in [-0.2, -0.15) is 0 Å². The Kier molecular flexibility index (Phi) is 6.14. The third kappa shape index (κ3) is 4.58.